The Labute approximate surface area is 231 Å². The molecule has 4 aromatic rings. The third-order valence-electron chi connectivity index (χ3n) is 7.23. The fraction of sp³-hybridized carbons (Fsp3) is 0.125. The molecule has 1 aliphatic heterocycles. The Hall–Kier alpha value is -3.86. The second-order valence-corrected chi connectivity index (χ2v) is 10.5. The average Bonchev–Trinajstić information content (AvgIpc) is 3.08. The minimum absolute atomic E-state index is 0.00217. The summed E-state index contributed by atoms with van der Waals surface area (Å²) in [5.74, 6) is -0.192. The molecule has 4 nitrogen and oxygen atoms in total. The molecule has 0 unspecified atom stereocenters. The second kappa shape index (κ2) is 10.1. The number of anilines is 2. The van der Waals surface area contributed by atoms with E-state index in [2.05, 4.69) is 5.32 Å². The van der Waals surface area contributed by atoms with E-state index in [9.17, 15) is 9.59 Å². The summed E-state index contributed by atoms with van der Waals surface area (Å²) in [6.07, 6.45) is 0.963. The van der Waals surface area contributed by atoms with Crippen LogP contribution in [0, 0.1) is 0 Å². The molecule has 0 aromatic heterocycles. The fourth-order valence-corrected chi connectivity index (χ4v) is 5.82. The molecule has 1 amide bonds. The Balaban J connectivity index is 1.56. The lowest BCUT2D eigenvalue weighted by atomic mass is 9.78. The van der Waals surface area contributed by atoms with Gasteiger partial charge in [0.1, 0.15) is 0 Å². The van der Waals surface area contributed by atoms with E-state index in [1.54, 1.807) is 23.1 Å². The van der Waals surface area contributed by atoms with Crippen molar-refractivity contribution in [2.24, 2.45) is 0 Å². The summed E-state index contributed by atoms with van der Waals surface area (Å²) in [6, 6.07) is 31.3. The zero-order valence-corrected chi connectivity index (χ0v) is 21.9. The van der Waals surface area contributed by atoms with Crippen LogP contribution in [0.25, 0.3) is 0 Å². The van der Waals surface area contributed by atoms with Gasteiger partial charge in [-0.15, -0.1) is 0 Å². The van der Waals surface area contributed by atoms with Crippen molar-refractivity contribution in [2.75, 3.05) is 10.2 Å². The van der Waals surface area contributed by atoms with Crippen LogP contribution >= 0.6 is 23.2 Å². The lowest BCUT2D eigenvalue weighted by Gasteiger charge is -2.35. The zero-order valence-electron chi connectivity index (χ0n) is 20.4. The molecule has 0 fully saturated rings. The van der Waals surface area contributed by atoms with Crippen LogP contribution in [0.4, 0.5) is 11.4 Å². The Morgan fingerprint density at radius 3 is 2.26 bits per heavy atom. The van der Waals surface area contributed by atoms with Gasteiger partial charge in [-0.25, -0.2) is 0 Å². The van der Waals surface area contributed by atoms with Crippen molar-refractivity contribution in [3.63, 3.8) is 0 Å². The van der Waals surface area contributed by atoms with Gasteiger partial charge in [-0.05, 0) is 72.0 Å². The number of hydrogen-bond donors (Lipinski definition) is 1. The maximum atomic E-state index is 14.2. The number of benzene rings is 4. The molecule has 0 spiro atoms. The minimum atomic E-state index is -0.647. The van der Waals surface area contributed by atoms with E-state index in [0.29, 0.717) is 39.7 Å². The number of hydrogen-bond acceptors (Lipinski definition) is 3. The molecule has 2 atom stereocenters. The van der Waals surface area contributed by atoms with Crippen LogP contribution < -0.4 is 10.2 Å². The molecular formula is C32H24Cl2N2O2. The number of ketones is 1. The topological polar surface area (TPSA) is 49.4 Å². The summed E-state index contributed by atoms with van der Waals surface area (Å²) in [6.45, 7) is 0. The van der Waals surface area contributed by atoms with Gasteiger partial charge in [0.15, 0.2) is 5.78 Å². The summed E-state index contributed by atoms with van der Waals surface area (Å²) >= 11 is 12.6. The summed E-state index contributed by atoms with van der Waals surface area (Å²) in [7, 11) is 0. The van der Waals surface area contributed by atoms with Crippen molar-refractivity contribution >= 4 is 46.3 Å². The monoisotopic (exact) mass is 538 g/mol. The molecule has 38 heavy (non-hydrogen) atoms. The van der Waals surface area contributed by atoms with Crippen molar-refractivity contribution < 1.29 is 9.59 Å². The van der Waals surface area contributed by atoms with Crippen LogP contribution in [-0.2, 0) is 4.79 Å². The highest BCUT2D eigenvalue weighted by Crippen LogP contribution is 2.48. The summed E-state index contributed by atoms with van der Waals surface area (Å²) in [4.78, 5) is 30.0. The number of halogens is 2. The highest BCUT2D eigenvalue weighted by molar-refractivity contribution is 6.31. The molecular weight excluding hydrogens is 515 g/mol. The van der Waals surface area contributed by atoms with Crippen LogP contribution in [0.1, 0.15) is 46.3 Å². The van der Waals surface area contributed by atoms with Crippen LogP contribution in [0.3, 0.4) is 0 Å². The summed E-state index contributed by atoms with van der Waals surface area (Å²) < 4.78 is 0. The van der Waals surface area contributed by atoms with E-state index in [0.717, 1.165) is 22.5 Å². The first-order chi connectivity index (χ1) is 18.5. The van der Waals surface area contributed by atoms with Gasteiger partial charge in [-0.1, -0.05) is 77.8 Å². The maximum absolute atomic E-state index is 14.2. The zero-order chi connectivity index (χ0) is 26.2. The van der Waals surface area contributed by atoms with E-state index in [1.807, 2.05) is 84.9 Å². The molecule has 6 rings (SSSR count). The number of amides is 1. The normalized spacial score (nSPS) is 18.8. The highest BCUT2D eigenvalue weighted by atomic mass is 35.5. The van der Waals surface area contributed by atoms with E-state index in [1.165, 1.54) is 0 Å². The van der Waals surface area contributed by atoms with Crippen molar-refractivity contribution in [1.29, 1.82) is 0 Å². The quantitative estimate of drug-likeness (QED) is 0.286. The first kappa shape index (κ1) is 24.5. The molecule has 1 N–H and O–H groups in total. The first-order valence-electron chi connectivity index (χ1n) is 12.5. The smallest absolute Gasteiger partial charge is 0.259 e. The minimum Gasteiger partial charge on any atom is -0.357 e. The number of rotatable bonds is 3. The van der Waals surface area contributed by atoms with Crippen LogP contribution in [0.5, 0.6) is 0 Å². The lowest BCUT2D eigenvalue weighted by Crippen LogP contribution is -2.38. The van der Waals surface area contributed by atoms with Crippen molar-refractivity contribution in [3.05, 3.63) is 141 Å². The fourth-order valence-electron chi connectivity index (χ4n) is 5.50. The Bertz CT molecular complexity index is 1560. The van der Waals surface area contributed by atoms with E-state index in [4.69, 9.17) is 23.2 Å². The number of nitrogens with zero attached hydrogens (tertiary/aromatic N) is 1. The SMILES string of the molecule is O=C1C[C@@H](c2ccc(Cl)cc2)CC2=C1[C@H](c1cccc(Cl)c1)N(C(=O)c1ccccc1)c1ccccc1N2. The molecule has 1 heterocycles. The molecule has 6 heteroatoms. The van der Waals surface area contributed by atoms with Gasteiger partial charge in [0.25, 0.3) is 5.91 Å². The third-order valence-corrected chi connectivity index (χ3v) is 7.72. The van der Waals surface area contributed by atoms with Crippen LogP contribution in [0.2, 0.25) is 10.0 Å². The highest BCUT2D eigenvalue weighted by Gasteiger charge is 2.41. The second-order valence-electron chi connectivity index (χ2n) is 9.61. The predicted molar refractivity (Wildman–Crippen MR) is 153 cm³/mol. The average molecular weight is 539 g/mol. The molecule has 188 valence electrons. The number of allylic oxidation sites excluding steroid dienone is 1. The molecule has 0 saturated carbocycles. The Morgan fingerprint density at radius 1 is 0.763 bits per heavy atom. The van der Waals surface area contributed by atoms with Gasteiger partial charge in [0, 0.05) is 33.3 Å². The van der Waals surface area contributed by atoms with Crippen LogP contribution in [-0.4, -0.2) is 11.7 Å². The first-order valence-corrected chi connectivity index (χ1v) is 13.3. The van der Waals surface area contributed by atoms with Gasteiger partial charge in [0.2, 0.25) is 0 Å². The number of carbonyl (C=O) groups is 2. The van der Waals surface area contributed by atoms with Crippen LogP contribution in [0.15, 0.2) is 114 Å². The molecule has 0 radical (unpaired) electrons. The molecule has 0 bridgehead atoms. The summed E-state index contributed by atoms with van der Waals surface area (Å²) in [5, 5.41) is 4.77. The Kier molecular flexibility index (Phi) is 6.52. The van der Waals surface area contributed by atoms with Gasteiger partial charge in [-0.2, -0.15) is 0 Å². The van der Waals surface area contributed by atoms with Crippen molar-refractivity contribution in [3.8, 4) is 0 Å². The van der Waals surface area contributed by atoms with Gasteiger partial charge < -0.3 is 5.32 Å². The van der Waals surface area contributed by atoms with E-state index >= 15 is 0 Å². The standard InChI is InChI=1S/C32H24Cl2N2O2/c33-24-15-13-20(14-16-24)23-18-27-30(29(37)19-23)31(22-9-6-10-25(34)17-22)36(28-12-5-4-11-26(28)35-27)32(38)21-7-2-1-3-8-21/h1-17,23,31,35H,18-19H2/t23-,31-/m0/s1. The van der Waals surface area contributed by atoms with E-state index < -0.39 is 6.04 Å². The number of fused-ring (bicyclic) bond motifs is 1. The summed E-state index contributed by atoms with van der Waals surface area (Å²) in [5.41, 5.74) is 5.28. The number of carbonyl (C=O) groups excluding carboxylic acids is 2. The maximum Gasteiger partial charge on any atom is 0.259 e. The largest absolute Gasteiger partial charge is 0.357 e. The lowest BCUT2D eigenvalue weighted by molar-refractivity contribution is -0.116. The third kappa shape index (κ3) is 4.51. The predicted octanol–water partition coefficient (Wildman–Crippen LogP) is 8.21. The van der Waals surface area contributed by atoms with Gasteiger partial charge >= 0.3 is 0 Å². The Morgan fingerprint density at radius 2 is 1.50 bits per heavy atom. The van der Waals surface area contributed by atoms with Crippen molar-refractivity contribution in [2.45, 2.75) is 24.8 Å². The van der Waals surface area contributed by atoms with Crippen molar-refractivity contribution in [1.82, 2.24) is 0 Å². The number of nitrogens with one attached hydrogen (secondary N) is 1. The molecule has 1 aliphatic carbocycles. The molecule has 2 aliphatic rings. The number of para-hydroxylation sites is 2. The molecule has 4 aromatic carbocycles. The molecule has 0 saturated heterocycles. The van der Waals surface area contributed by atoms with Gasteiger partial charge in [0.05, 0.1) is 17.4 Å². The van der Waals surface area contributed by atoms with Gasteiger partial charge in [-0.3, -0.25) is 14.5 Å². The number of Topliss-reactive ketones (excluding diaryl/α,β-unsaturated/α-hetero) is 1. The van der Waals surface area contributed by atoms with E-state index in [-0.39, 0.29) is 17.6 Å².